The van der Waals surface area contributed by atoms with Crippen LogP contribution in [0.4, 0.5) is 5.13 Å². The van der Waals surface area contributed by atoms with E-state index in [2.05, 4.69) is 24.1 Å². The van der Waals surface area contributed by atoms with E-state index in [4.69, 9.17) is 23.2 Å². The molecule has 0 aliphatic carbocycles. The lowest BCUT2D eigenvalue weighted by atomic mass is 10.1. The minimum absolute atomic E-state index is 0.0654. The number of hydrogen-bond acceptors (Lipinski definition) is 4. The molecule has 0 radical (unpaired) electrons. The second kappa shape index (κ2) is 9.17. The first-order chi connectivity index (χ1) is 11.9. The predicted molar refractivity (Wildman–Crippen MR) is 103 cm³/mol. The summed E-state index contributed by atoms with van der Waals surface area (Å²) in [6, 6.07) is 4.71. The number of carbonyl (C=O) groups is 2. The molecular weight excluding hydrogens is 381 g/mol. The number of halogens is 2. The van der Waals surface area contributed by atoms with Gasteiger partial charge in [-0.15, -0.1) is 11.3 Å². The number of hydrogen-bond donors (Lipinski definition) is 1. The molecule has 0 aliphatic heterocycles. The number of thiazole rings is 1. The number of benzene rings is 1. The Morgan fingerprint density at radius 1 is 1.32 bits per heavy atom. The van der Waals surface area contributed by atoms with Crippen LogP contribution in [-0.4, -0.2) is 34.8 Å². The molecule has 1 aromatic carbocycles. The highest BCUT2D eigenvalue weighted by molar-refractivity contribution is 7.13. The molecule has 0 saturated heterocycles. The Morgan fingerprint density at radius 3 is 2.68 bits per heavy atom. The molecule has 0 unspecified atom stereocenters. The summed E-state index contributed by atoms with van der Waals surface area (Å²) < 4.78 is 0. The quantitative estimate of drug-likeness (QED) is 0.740. The zero-order valence-corrected chi connectivity index (χ0v) is 16.3. The molecule has 25 heavy (non-hydrogen) atoms. The van der Waals surface area contributed by atoms with Crippen molar-refractivity contribution in [2.45, 2.75) is 20.3 Å². The zero-order valence-electron chi connectivity index (χ0n) is 14.0. The molecule has 1 heterocycles. The van der Waals surface area contributed by atoms with Gasteiger partial charge in [0.25, 0.3) is 5.91 Å². The van der Waals surface area contributed by atoms with Crippen molar-refractivity contribution >= 4 is 51.5 Å². The molecule has 2 rings (SSSR count). The van der Waals surface area contributed by atoms with Gasteiger partial charge in [0.2, 0.25) is 5.91 Å². The normalized spacial score (nSPS) is 10.8. The minimum atomic E-state index is -0.295. The van der Waals surface area contributed by atoms with Crippen LogP contribution in [0.15, 0.2) is 29.8 Å². The predicted octanol–water partition coefficient (Wildman–Crippen LogP) is 4.58. The molecule has 0 bridgehead atoms. The summed E-state index contributed by atoms with van der Waals surface area (Å²) in [7, 11) is 0. The van der Waals surface area contributed by atoms with Crippen LogP contribution in [0.3, 0.4) is 0 Å². The van der Waals surface area contributed by atoms with Crippen molar-refractivity contribution in [2.75, 3.05) is 18.4 Å². The maximum Gasteiger partial charge on any atom is 0.255 e. The summed E-state index contributed by atoms with van der Waals surface area (Å²) in [4.78, 5) is 30.6. The average molecular weight is 400 g/mol. The highest BCUT2D eigenvalue weighted by Gasteiger charge is 2.21. The summed E-state index contributed by atoms with van der Waals surface area (Å²) in [5, 5.41) is 5.69. The van der Waals surface area contributed by atoms with Gasteiger partial charge in [-0.05, 0) is 30.5 Å². The van der Waals surface area contributed by atoms with Crippen molar-refractivity contribution in [3.63, 3.8) is 0 Å². The molecule has 0 saturated carbocycles. The van der Waals surface area contributed by atoms with Crippen LogP contribution in [0.5, 0.6) is 0 Å². The molecule has 0 aliphatic rings. The minimum Gasteiger partial charge on any atom is -0.329 e. The third kappa shape index (κ3) is 5.99. The summed E-state index contributed by atoms with van der Waals surface area (Å²) >= 11 is 13.4. The molecule has 8 heteroatoms. The molecule has 5 nitrogen and oxygen atoms in total. The van der Waals surface area contributed by atoms with Crippen LogP contribution in [0, 0.1) is 5.92 Å². The van der Waals surface area contributed by atoms with Gasteiger partial charge in [-0.1, -0.05) is 37.0 Å². The first-order valence-corrected chi connectivity index (χ1v) is 9.44. The van der Waals surface area contributed by atoms with E-state index in [-0.39, 0.29) is 23.4 Å². The number of nitrogens with one attached hydrogen (secondary N) is 1. The van der Waals surface area contributed by atoms with Crippen LogP contribution < -0.4 is 5.32 Å². The van der Waals surface area contributed by atoms with Gasteiger partial charge in [-0.2, -0.15) is 0 Å². The van der Waals surface area contributed by atoms with E-state index in [1.165, 1.54) is 22.3 Å². The standard InChI is InChI=1S/C17H19Cl2N3O2S/c1-11(2)5-7-22(10-15(23)21-17-20-6-8-25-17)16(24)13-4-3-12(18)9-14(13)19/h3-4,6,8-9,11H,5,7,10H2,1-2H3,(H,20,21,23). The van der Waals surface area contributed by atoms with Gasteiger partial charge in [0.05, 0.1) is 10.6 Å². The highest BCUT2D eigenvalue weighted by Crippen LogP contribution is 2.23. The Labute approximate surface area is 161 Å². The number of anilines is 1. The van der Waals surface area contributed by atoms with Crippen LogP contribution in [0.2, 0.25) is 10.0 Å². The van der Waals surface area contributed by atoms with Crippen LogP contribution in [0.1, 0.15) is 30.6 Å². The van der Waals surface area contributed by atoms with E-state index in [9.17, 15) is 9.59 Å². The Kier molecular flexibility index (Phi) is 7.23. The van der Waals surface area contributed by atoms with Gasteiger partial charge in [0, 0.05) is 23.1 Å². The molecular formula is C17H19Cl2N3O2S. The van der Waals surface area contributed by atoms with Crippen LogP contribution >= 0.6 is 34.5 Å². The van der Waals surface area contributed by atoms with Gasteiger partial charge in [-0.3, -0.25) is 9.59 Å². The van der Waals surface area contributed by atoms with Crippen molar-refractivity contribution in [2.24, 2.45) is 5.92 Å². The van der Waals surface area contributed by atoms with Crippen LogP contribution in [-0.2, 0) is 4.79 Å². The SMILES string of the molecule is CC(C)CCN(CC(=O)Nc1nccs1)C(=O)c1ccc(Cl)cc1Cl. The molecule has 1 N–H and O–H groups in total. The van der Waals surface area contributed by atoms with Crippen molar-refractivity contribution < 1.29 is 9.59 Å². The summed E-state index contributed by atoms with van der Waals surface area (Å²) in [6.45, 7) is 4.52. The van der Waals surface area contributed by atoms with Gasteiger partial charge < -0.3 is 10.2 Å². The van der Waals surface area contributed by atoms with E-state index in [0.717, 1.165) is 6.42 Å². The fraction of sp³-hybridized carbons (Fsp3) is 0.353. The number of carbonyl (C=O) groups excluding carboxylic acids is 2. The van der Waals surface area contributed by atoms with E-state index in [1.54, 1.807) is 23.7 Å². The van der Waals surface area contributed by atoms with Gasteiger partial charge in [0.15, 0.2) is 5.13 Å². The third-order valence-corrected chi connectivity index (χ3v) is 4.67. The molecule has 134 valence electrons. The lowest BCUT2D eigenvalue weighted by Crippen LogP contribution is -2.39. The van der Waals surface area contributed by atoms with Gasteiger partial charge >= 0.3 is 0 Å². The van der Waals surface area contributed by atoms with E-state index < -0.39 is 0 Å². The Bertz CT molecular complexity index is 735. The highest BCUT2D eigenvalue weighted by atomic mass is 35.5. The number of aromatic nitrogens is 1. The molecule has 2 amide bonds. The lowest BCUT2D eigenvalue weighted by Gasteiger charge is -2.23. The van der Waals surface area contributed by atoms with Crippen molar-refractivity contribution in [3.05, 3.63) is 45.4 Å². The van der Waals surface area contributed by atoms with Crippen molar-refractivity contribution in [3.8, 4) is 0 Å². The topological polar surface area (TPSA) is 62.3 Å². The summed E-state index contributed by atoms with van der Waals surface area (Å²) in [6.07, 6.45) is 2.39. The smallest absolute Gasteiger partial charge is 0.255 e. The second-order valence-electron chi connectivity index (χ2n) is 5.92. The molecule has 0 fully saturated rings. The first kappa shape index (κ1) is 19.7. The number of rotatable bonds is 7. The summed E-state index contributed by atoms with van der Waals surface area (Å²) in [5.74, 6) is -0.188. The zero-order chi connectivity index (χ0) is 18.4. The maximum absolute atomic E-state index is 12.8. The monoisotopic (exact) mass is 399 g/mol. The molecule has 0 spiro atoms. The van der Waals surface area contributed by atoms with E-state index in [1.807, 2.05) is 0 Å². The van der Waals surface area contributed by atoms with Crippen molar-refractivity contribution in [1.29, 1.82) is 0 Å². The average Bonchev–Trinajstić information content (AvgIpc) is 3.03. The number of nitrogens with zero attached hydrogens (tertiary/aromatic N) is 2. The maximum atomic E-state index is 12.8. The number of amides is 2. The Balaban J connectivity index is 2.13. The molecule has 2 aromatic rings. The lowest BCUT2D eigenvalue weighted by molar-refractivity contribution is -0.116. The molecule has 1 aromatic heterocycles. The van der Waals surface area contributed by atoms with Crippen LogP contribution in [0.25, 0.3) is 0 Å². The third-order valence-electron chi connectivity index (χ3n) is 3.44. The summed E-state index contributed by atoms with van der Waals surface area (Å²) in [5.41, 5.74) is 0.330. The Morgan fingerprint density at radius 2 is 2.08 bits per heavy atom. The fourth-order valence-corrected chi connectivity index (χ4v) is 3.15. The Hall–Kier alpha value is -1.63. The second-order valence-corrected chi connectivity index (χ2v) is 7.66. The first-order valence-electron chi connectivity index (χ1n) is 7.80. The van der Waals surface area contributed by atoms with Gasteiger partial charge in [0.1, 0.15) is 6.54 Å². The van der Waals surface area contributed by atoms with E-state index >= 15 is 0 Å². The largest absolute Gasteiger partial charge is 0.329 e. The molecule has 0 atom stereocenters. The van der Waals surface area contributed by atoms with Crippen molar-refractivity contribution in [1.82, 2.24) is 9.88 Å². The van der Waals surface area contributed by atoms with E-state index in [0.29, 0.717) is 28.2 Å². The van der Waals surface area contributed by atoms with Gasteiger partial charge in [-0.25, -0.2) is 4.98 Å². The fourth-order valence-electron chi connectivity index (χ4n) is 2.12.